The van der Waals surface area contributed by atoms with Crippen molar-refractivity contribution in [2.24, 2.45) is 5.10 Å². The van der Waals surface area contributed by atoms with E-state index >= 15 is 0 Å². The maximum atomic E-state index is 13.1. The zero-order valence-corrected chi connectivity index (χ0v) is 18.9. The van der Waals surface area contributed by atoms with Crippen LogP contribution in [0.4, 0.5) is 5.69 Å². The first-order valence-electron chi connectivity index (χ1n) is 9.82. The molecule has 1 N–H and O–H groups in total. The summed E-state index contributed by atoms with van der Waals surface area (Å²) < 4.78 is 5.24. The Morgan fingerprint density at radius 1 is 1.15 bits per heavy atom. The fraction of sp³-hybridized carbons (Fsp3) is 0.0870. The van der Waals surface area contributed by atoms with Crippen LogP contribution in [0.3, 0.4) is 0 Å². The lowest BCUT2D eigenvalue weighted by molar-refractivity contribution is -0.135. The summed E-state index contributed by atoms with van der Waals surface area (Å²) in [6.45, 7) is 1.74. The summed E-state index contributed by atoms with van der Waals surface area (Å²) in [4.78, 5) is 40.1. The maximum absolute atomic E-state index is 13.1. The van der Waals surface area contributed by atoms with Crippen molar-refractivity contribution in [2.45, 2.75) is 6.92 Å². The van der Waals surface area contributed by atoms with E-state index in [2.05, 4.69) is 5.10 Å². The van der Waals surface area contributed by atoms with Crippen molar-refractivity contribution < 1.29 is 24.2 Å². The number of benzene rings is 2. The molecule has 4 rings (SSSR count). The minimum atomic E-state index is -0.781. The molecule has 0 saturated carbocycles. The van der Waals surface area contributed by atoms with Crippen molar-refractivity contribution in [1.29, 1.82) is 0 Å². The van der Waals surface area contributed by atoms with Gasteiger partial charge in [-0.15, -0.1) is 0 Å². The van der Waals surface area contributed by atoms with Crippen molar-refractivity contribution in [2.75, 3.05) is 11.6 Å². The highest BCUT2D eigenvalue weighted by atomic mass is 32.2. The van der Waals surface area contributed by atoms with Crippen molar-refractivity contribution >= 4 is 63.6 Å². The average Bonchev–Trinajstić information content (AvgIpc) is 3.26. The smallest absolute Gasteiger partial charge is 0.359 e. The third kappa shape index (κ3) is 4.57. The monoisotopic (exact) mass is 479 g/mol. The third-order valence-corrected chi connectivity index (χ3v) is 5.93. The first-order valence-corrected chi connectivity index (χ1v) is 11.0. The van der Waals surface area contributed by atoms with E-state index in [0.717, 1.165) is 21.7 Å². The van der Waals surface area contributed by atoms with Crippen LogP contribution in [0.15, 0.2) is 76.4 Å². The lowest BCUT2D eigenvalue weighted by Gasteiger charge is -2.12. The number of anilines is 1. The van der Waals surface area contributed by atoms with Gasteiger partial charge in [0.15, 0.2) is 10.0 Å². The van der Waals surface area contributed by atoms with Gasteiger partial charge in [-0.2, -0.15) is 10.1 Å². The van der Waals surface area contributed by atoms with Gasteiger partial charge in [-0.25, -0.2) is 4.79 Å². The number of carbonyl (C=O) groups is 3. The average molecular weight is 480 g/mol. The Bertz CT molecular complexity index is 1250. The van der Waals surface area contributed by atoms with Gasteiger partial charge in [-0.05, 0) is 42.8 Å². The molecular formula is C23H17N3O5S2. The van der Waals surface area contributed by atoms with Crippen molar-refractivity contribution in [3.8, 4) is 5.75 Å². The minimum Gasteiger partial charge on any atom is -0.508 e. The Kier molecular flexibility index (Phi) is 6.38. The number of nitrogens with zero attached hydrogens (tertiary/aromatic N) is 3. The number of hydrazone groups is 1. The van der Waals surface area contributed by atoms with Crippen LogP contribution in [0.5, 0.6) is 5.75 Å². The standard InChI is InChI=1S/C23H17N3O5S2/c1-2-31-22(30)19-17(20(28)26(24-19)15-8-4-3-5-9-15)13-25-21(29)18(33-23(25)32)12-14-7-6-10-16(27)11-14/h3-13,27H,2H2,1H3/b17-13-,18-12+. The Morgan fingerprint density at radius 2 is 1.91 bits per heavy atom. The predicted molar refractivity (Wildman–Crippen MR) is 129 cm³/mol. The lowest BCUT2D eigenvalue weighted by Crippen LogP contribution is -2.28. The van der Waals surface area contributed by atoms with E-state index in [1.807, 2.05) is 0 Å². The van der Waals surface area contributed by atoms with Crippen LogP contribution >= 0.6 is 24.0 Å². The molecule has 0 aliphatic carbocycles. The molecule has 0 radical (unpaired) electrons. The molecule has 8 nitrogen and oxygen atoms in total. The van der Waals surface area contributed by atoms with Crippen molar-refractivity contribution in [1.82, 2.24) is 4.90 Å². The molecule has 2 heterocycles. The van der Waals surface area contributed by atoms with E-state index in [1.54, 1.807) is 55.5 Å². The number of hydrogen-bond acceptors (Lipinski definition) is 8. The predicted octanol–water partition coefficient (Wildman–Crippen LogP) is 3.44. The molecule has 1 saturated heterocycles. The molecule has 2 aliphatic rings. The minimum absolute atomic E-state index is 0.0641. The number of phenols is 1. The molecule has 1 fully saturated rings. The number of hydrogen-bond donors (Lipinski definition) is 1. The Morgan fingerprint density at radius 3 is 2.61 bits per heavy atom. The van der Waals surface area contributed by atoms with Crippen LogP contribution in [0.25, 0.3) is 6.08 Å². The zero-order valence-electron chi connectivity index (χ0n) is 17.3. The van der Waals surface area contributed by atoms with Crippen molar-refractivity contribution in [3.05, 3.63) is 76.8 Å². The fourth-order valence-corrected chi connectivity index (χ4v) is 4.32. The third-order valence-electron chi connectivity index (χ3n) is 4.60. The van der Waals surface area contributed by atoms with E-state index in [9.17, 15) is 19.5 Å². The number of thioether (sulfide) groups is 1. The largest absolute Gasteiger partial charge is 0.508 e. The van der Waals surface area contributed by atoms with Gasteiger partial charge in [0.25, 0.3) is 11.8 Å². The normalized spacial score (nSPS) is 18.5. The van der Waals surface area contributed by atoms with E-state index in [0.29, 0.717) is 16.2 Å². The molecule has 2 aliphatic heterocycles. The summed E-state index contributed by atoms with van der Waals surface area (Å²) >= 11 is 6.39. The van der Waals surface area contributed by atoms with Crippen LogP contribution in [-0.2, 0) is 19.1 Å². The summed E-state index contributed by atoms with van der Waals surface area (Å²) in [7, 11) is 0. The van der Waals surface area contributed by atoms with Gasteiger partial charge in [0.2, 0.25) is 0 Å². The second kappa shape index (κ2) is 9.39. The molecule has 0 spiro atoms. The molecule has 2 aromatic rings. The number of esters is 1. The fourth-order valence-electron chi connectivity index (χ4n) is 3.11. The molecule has 0 aromatic heterocycles. The van der Waals surface area contributed by atoms with Gasteiger partial charge in [-0.1, -0.05) is 54.3 Å². The highest BCUT2D eigenvalue weighted by molar-refractivity contribution is 8.26. The first-order chi connectivity index (χ1) is 15.9. The van der Waals surface area contributed by atoms with Crippen LogP contribution in [0.1, 0.15) is 12.5 Å². The van der Waals surface area contributed by atoms with Crippen LogP contribution in [0, 0.1) is 0 Å². The molecule has 33 heavy (non-hydrogen) atoms. The van der Waals surface area contributed by atoms with Gasteiger partial charge in [0, 0.05) is 6.20 Å². The van der Waals surface area contributed by atoms with Crippen molar-refractivity contribution in [3.63, 3.8) is 0 Å². The number of amides is 2. The summed E-state index contributed by atoms with van der Waals surface area (Å²) in [6.07, 6.45) is 2.81. The van der Waals surface area contributed by atoms with Crippen LogP contribution in [-0.4, -0.2) is 44.4 Å². The molecule has 0 bridgehead atoms. The van der Waals surface area contributed by atoms with Crippen LogP contribution in [0.2, 0.25) is 0 Å². The second-order valence-electron chi connectivity index (χ2n) is 6.81. The molecule has 0 unspecified atom stereocenters. The van der Waals surface area contributed by atoms with E-state index in [4.69, 9.17) is 17.0 Å². The molecular weight excluding hydrogens is 462 g/mol. The number of thiocarbonyl (C=S) groups is 1. The highest BCUT2D eigenvalue weighted by Crippen LogP contribution is 2.34. The number of rotatable bonds is 5. The van der Waals surface area contributed by atoms with Gasteiger partial charge in [-0.3, -0.25) is 14.5 Å². The number of para-hydroxylation sites is 1. The number of phenolic OH excluding ortho intramolecular Hbond substituents is 1. The number of ether oxygens (including phenoxy) is 1. The summed E-state index contributed by atoms with van der Waals surface area (Å²) in [5.74, 6) is -1.77. The van der Waals surface area contributed by atoms with Gasteiger partial charge >= 0.3 is 5.97 Å². The van der Waals surface area contributed by atoms with E-state index in [1.165, 1.54) is 18.3 Å². The van der Waals surface area contributed by atoms with Gasteiger partial charge in [0.05, 0.1) is 22.8 Å². The quantitative estimate of drug-likeness (QED) is 0.398. The lowest BCUT2D eigenvalue weighted by atomic mass is 10.1. The highest BCUT2D eigenvalue weighted by Gasteiger charge is 2.39. The summed E-state index contributed by atoms with van der Waals surface area (Å²) in [5, 5.41) is 14.9. The molecule has 2 aromatic carbocycles. The molecule has 166 valence electrons. The summed E-state index contributed by atoms with van der Waals surface area (Å²) in [5.41, 5.74) is 0.759. The topological polar surface area (TPSA) is 99.5 Å². The molecule has 10 heteroatoms. The van der Waals surface area contributed by atoms with E-state index in [-0.39, 0.29) is 28.0 Å². The van der Waals surface area contributed by atoms with Gasteiger partial charge < -0.3 is 9.84 Å². The number of carbonyl (C=O) groups excluding carboxylic acids is 3. The Labute approximate surface area is 198 Å². The molecule has 0 atom stereocenters. The van der Waals surface area contributed by atoms with E-state index < -0.39 is 17.8 Å². The Hall–Kier alpha value is -3.76. The zero-order chi connectivity index (χ0) is 23.5. The maximum Gasteiger partial charge on any atom is 0.359 e. The SMILES string of the molecule is CCOC(=O)C1=NN(c2ccccc2)C(=O)/C1=C\N1C(=O)/C(=C\c2cccc(O)c2)SC1=S. The second-order valence-corrected chi connectivity index (χ2v) is 8.49. The van der Waals surface area contributed by atoms with Gasteiger partial charge in [0.1, 0.15) is 5.75 Å². The Balaban J connectivity index is 1.69. The first kappa shape index (κ1) is 22.4. The molecule has 2 amide bonds. The summed E-state index contributed by atoms with van der Waals surface area (Å²) in [6, 6.07) is 15.0. The van der Waals surface area contributed by atoms with Crippen LogP contribution < -0.4 is 5.01 Å². The number of aromatic hydroxyl groups is 1.